The highest BCUT2D eigenvalue weighted by Crippen LogP contribution is 2.27. The maximum Gasteiger partial charge on any atom is 0.329 e. The zero-order chi connectivity index (χ0) is 10.0. The van der Waals surface area contributed by atoms with E-state index in [1.54, 1.807) is 12.1 Å². The van der Waals surface area contributed by atoms with Crippen LogP contribution < -0.4 is 10.0 Å². The van der Waals surface area contributed by atoms with E-state index in [1.807, 2.05) is 0 Å². The number of rotatable bonds is 1. The Morgan fingerprint density at radius 1 is 1.38 bits per heavy atom. The molecule has 0 saturated carbocycles. The van der Waals surface area contributed by atoms with E-state index in [4.69, 9.17) is 28.9 Å². The fourth-order valence-electron chi connectivity index (χ4n) is 0.744. The van der Waals surface area contributed by atoms with E-state index in [0.29, 0.717) is 15.7 Å². The number of carbonyl (C=O) groups excluding carboxylic acids is 1. The maximum absolute atomic E-state index is 10.7. The lowest BCUT2D eigenvalue weighted by atomic mass is 10.3. The number of urea groups is 1. The summed E-state index contributed by atoms with van der Waals surface area (Å²) in [5.74, 6) is 0. The molecule has 3 nitrogen and oxygen atoms in total. The van der Waals surface area contributed by atoms with Gasteiger partial charge in [-0.3, -0.25) is 0 Å². The molecule has 1 aromatic rings. The number of amides is 2. The van der Waals surface area contributed by atoms with Gasteiger partial charge in [-0.1, -0.05) is 36.0 Å². The van der Waals surface area contributed by atoms with E-state index in [1.165, 1.54) is 6.07 Å². The third-order valence-corrected chi connectivity index (χ3v) is 2.52. The van der Waals surface area contributed by atoms with Crippen LogP contribution in [0.15, 0.2) is 18.2 Å². The number of halogens is 2. The summed E-state index contributed by atoms with van der Waals surface area (Å²) in [5, 5.41) is 0.760. The van der Waals surface area contributed by atoms with E-state index in [-0.39, 0.29) is 0 Å². The molecule has 1 aromatic carbocycles. The largest absolute Gasteiger partial charge is 0.350 e. The molecule has 1 rings (SSSR count). The molecule has 0 aromatic heterocycles. The summed E-state index contributed by atoms with van der Waals surface area (Å²) >= 11 is 15.2. The molecule has 0 aliphatic heterocycles. The Morgan fingerprint density at radius 3 is 2.46 bits per heavy atom. The van der Waals surface area contributed by atoms with E-state index >= 15 is 0 Å². The molecule has 0 heterocycles. The van der Waals surface area contributed by atoms with Crippen molar-refractivity contribution < 1.29 is 4.79 Å². The maximum atomic E-state index is 10.7. The van der Waals surface area contributed by atoms with Crippen LogP contribution in [-0.4, -0.2) is 6.03 Å². The van der Waals surface area contributed by atoms with E-state index in [2.05, 4.69) is 12.8 Å². The first-order valence-electron chi connectivity index (χ1n) is 3.26. The number of anilines is 1. The van der Waals surface area contributed by atoms with Crippen LogP contribution in [0.25, 0.3) is 0 Å². The topological polar surface area (TPSA) is 46.3 Å². The summed E-state index contributed by atoms with van der Waals surface area (Å²) < 4.78 is 0.974. The normalized spacial score (nSPS) is 9.77. The lowest BCUT2D eigenvalue weighted by Crippen LogP contribution is -2.27. The lowest BCUT2D eigenvalue weighted by molar-refractivity contribution is 0.257. The third-order valence-electron chi connectivity index (χ3n) is 1.36. The number of nitrogens with zero attached hydrogens (tertiary/aromatic N) is 1. The molecule has 0 radical (unpaired) electrons. The molecule has 0 spiro atoms. The fraction of sp³-hybridized carbons (Fsp3) is 0. The zero-order valence-corrected chi connectivity index (χ0v) is 8.77. The molecule has 0 fully saturated rings. The smallest absolute Gasteiger partial charge is 0.329 e. The van der Waals surface area contributed by atoms with Gasteiger partial charge in [-0.25, -0.2) is 9.10 Å². The quantitative estimate of drug-likeness (QED) is 0.725. The van der Waals surface area contributed by atoms with E-state index in [0.717, 1.165) is 4.31 Å². The molecule has 13 heavy (non-hydrogen) atoms. The average molecular weight is 237 g/mol. The van der Waals surface area contributed by atoms with Crippen molar-refractivity contribution in [3.63, 3.8) is 0 Å². The van der Waals surface area contributed by atoms with Crippen molar-refractivity contribution in [2.75, 3.05) is 4.31 Å². The van der Waals surface area contributed by atoms with Gasteiger partial charge in [0.05, 0.1) is 15.7 Å². The predicted molar refractivity (Wildman–Crippen MR) is 57.5 cm³/mol. The number of hydrogen-bond donors (Lipinski definition) is 2. The Hall–Kier alpha value is -0.580. The summed E-state index contributed by atoms with van der Waals surface area (Å²) in [6.45, 7) is 0. The number of benzene rings is 1. The molecular weight excluding hydrogens is 231 g/mol. The SMILES string of the molecule is NC(=O)N(S)c1ccc(Cl)c(Cl)c1. The first kappa shape index (κ1) is 10.5. The molecule has 0 saturated heterocycles. The van der Waals surface area contributed by atoms with Gasteiger partial charge < -0.3 is 5.73 Å². The van der Waals surface area contributed by atoms with Gasteiger partial charge in [0.15, 0.2) is 0 Å². The highest BCUT2D eigenvalue weighted by Gasteiger charge is 2.08. The molecule has 0 aliphatic rings. The van der Waals surface area contributed by atoms with Gasteiger partial charge in [0, 0.05) is 0 Å². The van der Waals surface area contributed by atoms with Crippen LogP contribution in [0, 0.1) is 0 Å². The van der Waals surface area contributed by atoms with Crippen molar-refractivity contribution in [3.8, 4) is 0 Å². The lowest BCUT2D eigenvalue weighted by Gasteiger charge is -2.12. The first-order valence-corrected chi connectivity index (χ1v) is 4.41. The Bertz CT molecular complexity index is 345. The van der Waals surface area contributed by atoms with Gasteiger partial charge >= 0.3 is 6.03 Å². The number of primary amides is 1. The molecule has 2 amide bonds. The Balaban J connectivity index is 3.03. The van der Waals surface area contributed by atoms with E-state index < -0.39 is 6.03 Å². The second-order valence-corrected chi connectivity index (χ2v) is 3.46. The van der Waals surface area contributed by atoms with Crippen molar-refractivity contribution in [1.29, 1.82) is 0 Å². The van der Waals surface area contributed by atoms with Gasteiger partial charge in [-0.05, 0) is 18.2 Å². The van der Waals surface area contributed by atoms with E-state index in [9.17, 15) is 4.79 Å². The van der Waals surface area contributed by atoms with Gasteiger partial charge in [0.25, 0.3) is 0 Å². The minimum absolute atomic E-state index is 0.347. The second kappa shape index (κ2) is 4.09. The summed E-state index contributed by atoms with van der Waals surface area (Å²) in [5.41, 5.74) is 5.47. The minimum Gasteiger partial charge on any atom is -0.350 e. The van der Waals surface area contributed by atoms with Crippen LogP contribution in [0.3, 0.4) is 0 Å². The Labute approximate surface area is 91.0 Å². The molecule has 2 N–H and O–H groups in total. The first-order chi connectivity index (χ1) is 6.02. The average Bonchev–Trinajstić information content (AvgIpc) is 2.08. The Morgan fingerprint density at radius 2 is 2.00 bits per heavy atom. The molecule has 0 bridgehead atoms. The molecule has 0 atom stereocenters. The van der Waals surface area contributed by atoms with Crippen molar-refractivity contribution in [1.82, 2.24) is 0 Å². The van der Waals surface area contributed by atoms with Crippen LogP contribution in [0.1, 0.15) is 0 Å². The minimum atomic E-state index is -0.679. The van der Waals surface area contributed by atoms with Crippen molar-refractivity contribution in [3.05, 3.63) is 28.2 Å². The summed E-state index contributed by atoms with van der Waals surface area (Å²) in [6, 6.07) is 3.97. The monoisotopic (exact) mass is 236 g/mol. The van der Waals surface area contributed by atoms with Crippen LogP contribution in [0.4, 0.5) is 10.5 Å². The molecule has 0 aliphatic carbocycles. The number of hydrogen-bond acceptors (Lipinski definition) is 2. The van der Waals surface area contributed by atoms with Gasteiger partial charge in [0.1, 0.15) is 0 Å². The molecule has 70 valence electrons. The molecule has 6 heteroatoms. The molecule has 0 unspecified atom stereocenters. The Kier molecular flexibility index (Phi) is 3.30. The van der Waals surface area contributed by atoms with Gasteiger partial charge in [0.2, 0.25) is 0 Å². The highest BCUT2D eigenvalue weighted by atomic mass is 35.5. The number of nitrogens with two attached hydrogens (primary N) is 1. The standard InChI is InChI=1S/C7H6Cl2N2OS/c8-5-2-1-4(3-6(5)9)11(13)7(10)12/h1-3,13H,(H2,10,12). The van der Waals surface area contributed by atoms with Crippen LogP contribution in [0.2, 0.25) is 10.0 Å². The van der Waals surface area contributed by atoms with Crippen LogP contribution in [-0.2, 0) is 0 Å². The summed E-state index contributed by atoms with van der Waals surface area (Å²) in [6.07, 6.45) is 0. The summed E-state index contributed by atoms with van der Waals surface area (Å²) in [4.78, 5) is 10.7. The van der Waals surface area contributed by atoms with Crippen molar-refractivity contribution in [2.45, 2.75) is 0 Å². The second-order valence-electron chi connectivity index (χ2n) is 2.25. The zero-order valence-electron chi connectivity index (χ0n) is 6.37. The van der Waals surface area contributed by atoms with Crippen LogP contribution >= 0.6 is 36.0 Å². The van der Waals surface area contributed by atoms with Gasteiger partial charge in [-0.2, -0.15) is 0 Å². The summed E-state index contributed by atoms with van der Waals surface area (Å²) in [7, 11) is 0. The number of thiol groups is 1. The van der Waals surface area contributed by atoms with Crippen molar-refractivity contribution >= 4 is 47.7 Å². The third kappa shape index (κ3) is 2.43. The molecular formula is C7H6Cl2N2OS. The van der Waals surface area contributed by atoms with Crippen molar-refractivity contribution in [2.24, 2.45) is 5.73 Å². The van der Waals surface area contributed by atoms with Gasteiger partial charge in [-0.15, -0.1) is 0 Å². The number of carbonyl (C=O) groups is 1. The highest BCUT2D eigenvalue weighted by molar-refractivity contribution is 7.82. The fourth-order valence-corrected chi connectivity index (χ4v) is 1.16. The predicted octanol–water partition coefficient (Wildman–Crippen LogP) is 2.72. The van der Waals surface area contributed by atoms with Crippen LogP contribution in [0.5, 0.6) is 0 Å².